The lowest BCUT2D eigenvalue weighted by Gasteiger charge is -2.32. The minimum Gasteiger partial charge on any atom is -0.315 e. The molecule has 0 aliphatic rings. The summed E-state index contributed by atoms with van der Waals surface area (Å²) in [5, 5.41) is 3.48. The monoisotopic (exact) mass is 242 g/mol. The van der Waals surface area contributed by atoms with Crippen molar-refractivity contribution in [2.24, 2.45) is 5.92 Å². The molecule has 1 N–H and O–H groups in total. The maximum atomic E-state index is 3.48. The smallest absolute Gasteiger partial charge is 0.00691 e. The van der Waals surface area contributed by atoms with E-state index in [2.05, 4.69) is 58.8 Å². The van der Waals surface area contributed by atoms with Gasteiger partial charge in [-0.05, 0) is 52.6 Å². The number of nitrogens with one attached hydrogen (secondary N) is 1. The zero-order valence-corrected chi connectivity index (χ0v) is 13.1. The van der Waals surface area contributed by atoms with Crippen molar-refractivity contribution in [3.63, 3.8) is 0 Å². The van der Waals surface area contributed by atoms with Crippen molar-refractivity contribution in [2.75, 3.05) is 13.6 Å². The molecule has 0 aromatic carbocycles. The quantitative estimate of drug-likeness (QED) is 0.622. The van der Waals surface area contributed by atoms with E-state index in [0.717, 1.165) is 12.5 Å². The van der Waals surface area contributed by atoms with Crippen LogP contribution in [0, 0.1) is 5.92 Å². The summed E-state index contributed by atoms with van der Waals surface area (Å²) in [5.41, 5.74) is 0. The first-order valence-electron chi connectivity index (χ1n) is 7.29. The van der Waals surface area contributed by atoms with Gasteiger partial charge in [0.15, 0.2) is 0 Å². The highest BCUT2D eigenvalue weighted by molar-refractivity contribution is 4.71. The summed E-state index contributed by atoms with van der Waals surface area (Å²) in [7, 11) is 2.27. The van der Waals surface area contributed by atoms with Crippen LogP contribution in [0.15, 0.2) is 0 Å². The number of hydrogen-bond acceptors (Lipinski definition) is 2. The minimum absolute atomic E-state index is 0.614. The molecule has 0 aromatic heterocycles. The molecule has 0 rings (SSSR count). The van der Waals surface area contributed by atoms with Crippen LogP contribution in [0.1, 0.15) is 60.8 Å². The van der Waals surface area contributed by atoms with E-state index < -0.39 is 0 Å². The van der Waals surface area contributed by atoms with Crippen molar-refractivity contribution in [3.05, 3.63) is 0 Å². The molecule has 2 unspecified atom stereocenters. The van der Waals surface area contributed by atoms with Crippen molar-refractivity contribution < 1.29 is 0 Å². The van der Waals surface area contributed by atoms with Gasteiger partial charge >= 0.3 is 0 Å². The molecule has 2 nitrogen and oxygen atoms in total. The zero-order valence-electron chi connectivity index (χ0n) is 13.1. The van der Waals surface area contributed by atoms with Crippen molar-refractivity contribution in [3.8, 4) is 0 Å². The van der Waals surface area contributed by atoms with Gasteiger partial charge in [0, 0.05) is 18.1 Å². The highest BCUT2D eigenvalue weighted by atomic mass is 15.1. The van der Waals surface area contributed by atoms with Crippen LogP contribution in [0.3, 0.4) is 0 Å². The molecule has 0 radical (unpaired) electrons. The lowest BCUT2D eigenvalue weighted by Crippen LogP contribution is -2.38. The van der Waals surface area contributed by atoms with Crippen molar-refractivity contribution in [1.82, 2.24) is 10.2 Å². The molecule has 2 atom stereocenters. The molecular weight excluding hydrogens is 208 g/mol. The predicted octanol–water partition coefficient (Wildman–Crippen LogP) is 3.52. The first-order chi connectivity index (χ1) is 7.84. The molecule has 2 heteroatoms. The van der Waals surface area contributed by atoms with E-state index in [1.807, 2.05) is 0 Å². The lowest BCUT2D eigenvalue weighted by atomic mass is 10.0. The van der Waals surface area contributed by atoms with Crippen LogP contribution in [0.25, 0.3) is 0 Å². The van der Waals surface area contributed by atoms with Gasteiger partial charge in [-0.2, -0.15) is 0 Å². The van der Waals surface area contributed by atoms with E-state index in [0.29, 0.717) is 18.1 Å². The molecule has 0 bridgehead atoms. The van der Waals surface area contributed by atoms with Gasteiger partial charge in [-0.3, -0.25) is 0 Å². The third-order valence-electron chi connectivity index (χ3n) is 3.55. The Kier molecular flexibility index (Phi) is 8.89. The summed E-state index contributed by atoms with van der Waals surface area (Å²) < 4.78 is 0. The minimum atomic E-state index is 0.614. The third kappa shape index (κ3) is 8.62. The second kappa shape index (κ2) is 8.93. The average Bonchev–Trinajstić information content (AvgIpc) is 2.21. The molecule has 0 aliphatic heterocycles. The van der Waals surface area contributed by atoms with Crippen molar-refractivity contribution in [1.29, 1.82) is 0 Å². The van der Waals surface area contributed by atoms with Gasteiger partial charge in [-0.25, -0.2) is 0 Å². The SMILES string of the molecule is CC(C)CC(C)N(C)C(C)CCCNC(C)C. The van der Waals surface area contributed by atoms with E-state index in [4.69, 9.17) is 0 Å². The summed E-state index contributed by atoms with van der Waals surface area (Å²) >= 11 is 0. The van der Waals surface area contributed by atoms with Crippen molar-refractivity contribution >= 4 is 0 Å². The Bertz CT molecular complexity index is 178. The topological polar surface area (TPSA) is 15.3 Å². The van der Waals surface area contributed by atoms with Gasteiger partial charge in [-0.15, -0.1) is 0 Å². The third-order valence-corrected chi connectivity index (χ3v) is 3.55. The molecule has 17 heavy (non-hydrogen) atoms. The van der Waals surface area contributed by atoms with Crippen molar-refractivity contribution in [2.45, 2.75) is 78.9 Å². The van der Waals surface area contributed by atoms with Gasteiger partial charge < -0.3 is 10.2 Å². The van der Waals surface area contributed by atoms with E-state index >= 15 is 0 Å². The lowest BCUT2D eigenvalue weighted by molar-refractivity contribution is 0.165. The van der Waals surface area contributed by atoms with Gasteiger partial charge in [0.2, 0.25) is 0 Å². The van der Waals surface area contributed by atoms with E-state index in [1.165, 1.54) is 19.3 Å². The Hall–Kier alpha value is -0.0800. The molecule has 0 saturated heterocycles. The fourth-order valence-corrected chi connectivity index (χ4v) is 2.27. The molecule has 0 saturated carbocycles. The fraction of sp³-hybridized carbons (Fsp3) is 1.00. The predicted molar refractivity (Wildman–Crippen MR) is 78.5 cm³/mol. The molecular formula is C15H34N2. The summed E-state index contributed by atoms with van der Waals surface area (Å²) in [6, 6.07) is 2.00. The second-order valence-corrected chi connectivity index (χ2v) is 6.24. The summed E-state index contributed by atoms with van der Waals surface area (Å²) in [6.07, 6.45) is 3.86. The van der Waals surface area contributed by atoms with Crippen LogP contribution in [0.4, 0.5) is 0 Å². The summed E-state index contributed by atoms with van der Waals surface area (Å²) in [6.45, 7) is 14.9. The number of nitrogens with zero attached hydrogens (tertiary/aromatic N) is 1. The van der Waals surface area contributed by atoms with Crippen LogP contribution < -0.4 is 5.32 Å². The number of rotatable bonds is 9. The van der Waals surface area contributed by atoms with Crippen LogP contribution in [-0.4, -0.2) is 36.6 Å². The first-order valence-corrected chi connectivity index (χ1v) is 7.29. The van der Waals surface area contributed by atoms with Gasteiger partial charge in [0.1, 0.15) is 0 Å². The Balaban J connectivity index is 3.76. The second-order valence-electron chi connectivity index (χ2n) is 6.24. The van der Waals surface area contributed by atoms with Gasteiger partial charge in [0.05, 0.1) is 0 Å². The van der Waals surface area contributed by atoms with E-state index in [1.54, 1.807) is 0 Å². The molecule has 0 spiro atoms. The fourth-order valence-electron chi connectivity index (χ4n) is 2.27. The van der Waals surface area contributed by atoms with E-state index in [9.17, 15) is 0 Å². The van der Waals surface area contributed by atoms with Gasteiger partial charge in [-0.1, -0.05) is 27.7 Å². The van der Waals surface area contributed by atoms with E-state index in [-0.39, 0.29) is 0 Å². The standard InChI is InChI=1S/C15H34N2/c1-12(2)11-15(6)17(7)14(5)9-8-10-16-13(3)4/h12-16H,8-11H2,1-7H3. The molecule has 0 heterocycles. The molecule has 104 valence electrons. The normalized spacial score (nSPS) is 15.9. The maximum Gasteiger partial charge on any atom is 0.00691 e. The average molecular weight is 242 g/mol. The largest absolute Gasteiger partial charge is 0.315 e. The highest BCUT2D eigenvalue weighted by Gasteiger charge is 2.16. The summed E-state index contributed by atoms with van der Waals surface area (Å²) in [5.74, 6) is 0.794. The van der Waals surface area contributed by atoms with Crippen LogP contribution in [0.5, 0.6) is 0 Å². The van der Waals surface area contributed by atoms with Crippen LogP contribution >= 0.6 is 0 Å². The molecule has 0 aliphatic carbocycles. The zero-order chi connectivity index (χ0) is 13.4. The molecule has 0 fully saturated rings. The number of hydrogen-bond donors (Lipinski definition) is 1. The Morgan fingerprint density at radius 1 is 0.941 bits per heavy atom. The van der Waals surface area contributed by atoms with Gasteiger partial charge in [0.25, 0.3) is 0 Å². The highest BCUT2D eigenvalue weighted by Crippen LogP contribution is 2.14. The Morgan fingerprint density at radius 3 is 2.00 bits per heavy atom. The summed E-state index contributed by atoms with van der Waals surface area (Å²) in [4.78, 5) is 2.54. The Labute approximate surface area is 109 Å². The van der Waals surface area contributed by atoms with Crippen LogP contribution in [0.2, 0.25) is 0 Å². The maximum absolute atomic E-state index is 3.48. The first kappa shape index (κ1) is 16.9. The Morgan fingerprint density at radius 2 is 1.53 bits per heavy atom. The molecule has 0 amide bonds. The van der Waals surface area contributed by atoms with Crippen LogP contribution in [-0.2, 0) is 0 Å². The molecule has 0 aromatic rings.